The first-order valence-corrected chi connectivity index (χ1v) is 5.13. The SMILES string of the molecule is CCCCCCCC=CC=CC#N. The van der Waals surface area contributed by atoms with Gasteiger partial charge in [-0.2, -0.15) is 5.26 Å². The standard InChI is InChI=1S/C12H19N/c1-2-3-4-5-6-7-8-9-10-11-12-13/h8-11H,2-7H2,1H3. The van der Waals surface area contributed by atoms with Crippen molar-refractivity contribution in [1.82, 2.24) is 0 Å². The maximum atomic E-state index is 8.20. The summed E-state index contributed by atoms with van der Waals surface area (Å²) in [6.07, 6.45) is 15.1. The van der Waals surface area contributed by atoms with E-state index in [4.69, 9.17) is 5.26 Å². The van der Waals surface area contributed by atoms with Crippen LogP contribution in [0, 0.1) is 11.3 Å². The summed E-state index contributed by atoms with van der Waals surface area (Å²) >= 11 is 0. The lowest BCUT2D eigenvalue weighted by Gasteiger charge is -1.95. The lowest BCUT2D eigenvalue weighted by molar-refractivity contribution is 0.637. The van der Waals surface area contributed by atoms with E-state index >= 15 is 0 Å². The summed E-state index contributed by atoms with van der Waals surface area (Å²) in [5, 5.41) is 8.20. The van der Waals surface area contributed by atoms with Crippen LogP contribution in [0.25, 0.3) is 0 Å². The largest absolute Gasteiger partial charge is 0.193 e. The number of nitriles is 1. The molecule has 0 spiro atoms. The van der Waals surface area contributed by atoms with Gasteiger partial charge in [-0.1, -0.05) is 50.8 Å². The van der Waals surface area contributed by atoms with Crippen LogP contribution in [0.5, 0.6) is 0 Å². The van der Waals surface area contributed by atoms with Crippen molar-refractivity contribution in [2.45, 2.75) is 45.4 Å². The highest BCUT2D eigenvalue weighted by Gasteiger charge is 1.85. The fourth-order valence-corrected chi connectivity index (χ4v) is 1.14. The molecule has 0 aliphatic carbocycles. The predicted octanol–water partition coefficient (Wildman–Crippen LogP) is 3.98. The van der Waals surface area contributed by atoms with Gasteiger partial charge in [0.05, 0.1) is 6.07 Å². The summed E-state index contributed by atoms with van der Waals surface area (Å²) in [5.41, 5.74) is 0. The number of hydrogen-bond donors (Lipinski definition) is 0. The molecule has 0 aromatic rings. The molecule has 13 heavy (non-hydrogen) atoms. The highest BCUT2D eigenvalue weighted by Crippen LogP contribution is 2.05. The quantitative estimate of drug-likeness (QED) is 0.328. The Morgan fingerprint density at radius 1 is 1.08 bits per heavy atom. The van der Waals surface area contributed by atoms with Crippen molar-refractivity contribution >= 4 is 0 Å². The zero-order valence-corrected chi connectivity index (χ0v) is 8.50. The van der Waals surface area contributed by atoms with Gasteiger partial charge in [-0.15, -0.1) is 0 Å². The summed E-state index contributed by atoms with van der Waals surface area (Å²) in [7, 11) is 0. The van der Waals surface area contributed by atoms with E-state index < -0.39 is 0 Å². The second-order valence-electron chi connectivity index (χ2n) is 3.12. The van der Waals surface area contributed by atoms with Gasteiger partial charge in [0.25, 0.3) is 0 Å². The maximum absolute atomic E-state index is 8.20. The second kappa shape index (κ2) is 11.0. The Balaban J connectivity index is 3.12. The molecular weight excluding hydrogens is 158 g/mol. The lowest BCUT2D eigenvalue weighted by Crippen LogP contribution is -1.75. The van der Waals surface area contributed by atoms with E-state index in [0.717, 1.165) is 6.42 Å². The van der Waals surface area contributed by atoms with Crippen LogP contribution in [-0.4, -0.2) is 0 Å². The molecule has 0 aliphatic rings. The third-order valence-corrected chi connectivity index (χ3v) is 1.89. The molecule has 0 radical (unpaired) electrons. The molecule has 0 rings (SSSR count). The summed E-state index contributed by atoms with van der Waals surface area (Å²) in [4.78, 5) is 0. The van der Waals surface area contributed by atoms with Gasteiger partial charge in [0, 0.05) is 6.08 Å². The zero-order valence-electron chi connectivity index (χ0n) is 8.50. The molecule has 0 aromatic carbocycles. The highest BCUT2D eigenvalue weighted by atomic mass is 14.2. The molecule has 0 atom stereocenters. The first-order valence-electron chi connectivity index (χ1n) is 5.13. The molecule has 0 saturated carbocycles. The van der Waals surface area contributed by atoms with Crippen molar-refractivity contribution in [3.8, 4) is 6.07 Å². The molecule has 0 heterocycles. The van der Waals surface area contributed by atoms with Crippen LogP contribution in [0.4, 0.5) is 0 Å². The Kier molecular flexibility index (Phi) is 10.1. The highest BCUT2D eigenvalue weighted by molar-refractivity contribution is 5.11. The molecular formula is C12H19N. The third-order valence-electron chi connectivity index (χ3n) is 1.89. The minimum absolute atomic E-state index is 1.14. The molecule has 0 bridgehead atoms. The third kappa shape index (κ3) is 11.0. The van der Waals surface area contributed by atoms with Gasteiger partial charge in [-0.3, -0.25) is 0 Å². The molecule has 1 nitrogen and oxygen atoms in total. The van der Waals surface area contributed by atoms with Crippen molar-refractivity contribution in [2.24, 2.45) is 0 Å². The molecule has 0 saturated heterocycles. The Bertz CT molecular complexity index is 184. The molecule has 1 heteroatoms. The molecule has 0 aromatic heterocycles. The van der Waals surface area contributed by atoms with E-state index in [9.17, 15) is 0 Å². The smallest absolute Gasteiger partial charge is 0.0912 e. The average molecular weight is 177 g/mol. The summed E-state index contributed by atoms with van der Waals surface area (Å²) in [6, 6.07) is 1.95. The number of allylic oxidation sites excluding steroid dienone is 4. The molecule has 0 amide bonds. The summed E-state index contributed by atoms with van der Waals surface area (Å²) in [5.74, 6) is 0. The van der Waals surface area contributed by atoms with E-state index in [-0.39, 0.29) is 0 Å². The summed E-state index contributed by atoms with van der Waals surface area (Å²) in [6.45, 7) is 2.23. The van der Waals surface area contributed by atoms with Gasteiger partial charge in [-0.25, -0.2) is 0 Å². The zero-order chi connectivity index (χ0) is 9.78. The predicted molar refractivity (Wildman–Crippen MR) is 57.3 cm³/mol. The average Bonchev–Trinajstić information content (AvgIpc) is 2.16. The van der Waals surface area contributed by atoms with Crippen LogP contribution in [-0.2, 0) is 0 Å². The van der Waals surface area contributed by atoms with Gasteiger partial charge in [0.2, 0.25) is 0 Å². The fraction of sp³-hybridized carbons (Fsp3) is 0.583. The van der Waals surface area contributed by atoms with Gasteiger partial charge >= 0.3 is 0 Å². The Morgan fingerprint density at radius 2 is 1.85 bits per heavy atom. The van der Waals surface area contributed by atoms with Gasteiger partial charge < -0.3 is 0 Å². The van der Waals surface area contributed by atoms with Crippen LogP contribution < -0.4 is 0 Å². The Labute approximate surface area is 81.8 Å². The topological polar surface area (TPSA) is 23.8 Å². The second-order valence-corrected chi connectivity index (χ2v) is 3.12. The fourth-order valence-electron chi connectivity index (χ4n) is 1.14. The van der Waals surface area contributed by atoms with E-state index in [2.05, 4.69) is 13.0 Å². The van der Waals surface area contributed by atoms with Crippen LogP contribution in [0.3, 0.4) is 0 Å². The van der Waals surface area contributed by atoms with E-state index in [0.29, 0.717) is 0 Å². The monoisotopic (exact) mass is 177 g/mol. The van der Waals surface area contributed by atoms with Crippen LogP contribution in [0.2, 0.25) is 0 Å². The Hall–Kier alpha value is -1.03. The number of nitrogens with zero attached hydrogens (tertiary/aromatic N) is 1. The van der Waals surface area contributed by atoms with E-state index in [1.54, 1.807) is 6.08 Å². The minimum Gasteiger partial charge on any atom is -0.193 e. The van der Waals surface area contributed by atoms with Gasteiger partial charge in [0.1, 0.15) is 0 Å². The molecule has 0 N–H and O–H groups in total. The molecule has 0 fully saturated rings. The summed E-state index contributed by atoms with van der Waals surface area (Å²) < 4.78 is 0. The van der Waals surface area contributed by atoms with Crippen LogP contribution >= 0.6 is 0 Å². The van der Waals surface area contributed by atoms with Crippen molar-refractivity contribution in [3.63, 3.8) is 0 Å². The van der Waals surface area contributed by atoms with Gasteiger partial charge in [-0.05, 0) is 12.8 Å². The van der Waals surface area contributed by atoms with Crippen molar-refractivity contribution in [1.29, 1.82) is 5.26 Å². The molecule has 0 aliphatic heterocycles. The lowest BCUT2D eigenvalue weighted by atomic mass is 10.1. The minimum atomic E-state index is 1.14. The first kappa shape index (κ1) is 12.0. The van der Waals surface area contributed by atoms with Crippen LogP contribution in [0.1, 0.15) is 45.4 Å². The molecule has 72 valence electrons. The number of hydrogen-bond acceptors (Lipinski definition) is 1. The maximum Gasteiger partial charge on any atom is 0.0912 e. The Morgan fingerprint density at radius 3 is 2.54 bits per heavy atom. The normalized spacial score (nSPS) is 11.1. The van der Waals surface area contributed by atoms with Gasteiger partial charge in [0.15, 0.2) is 0 Å². The van der Waals surface area contributed by atoms with Crippen molar-refractivity contribution in [3.05, 3.63) is 24.3 Å². The van der Waals surface area contributed by atoms with Crippen molar-refractivity contribution < 1.29 is 0 Å². The van der Waals surface area contributed by atoms with E-state index in [1.165, 1.54) is 38.2 Å². The van der Waals surface area contributed by atoms with Crippen LogP contribution in [0.15, 0.2) is 24.3 Å². The molecule has 0 unspecified atom stereocenters. The first-order chi connectivity index (χ1) is 6.41. The van der Waals surface area contributed by atoms with E-state index in [1.807, 2.05) is 12.1 Å². The number of rotatable bonds is 7. The number of unbranched alkanes of at least 4 members (excludes halogenated alkanes) is 5. The van der Waals surface area contributed by atoms with Crippen molar-refractivity contribution in [2.75, 3.05) is 0 Å².